The lowest BCUT2D eigenvalue weighted by Gasteiger charge is -2.36. The molecule has 3 aromatic rings. The van der Waals surface area contributed by atoms with Crippen LogP contribution in [0.2, 0.25) is 5.02 Å². The monoisotopic (exact) mass is 384 g/mol. The van der Waals surface area contributed by atoms with Gasteiger partial charge in [-0.1, -0.05) is 23.7 Å². The molecule has 140 valence electrons. The molecule has 1 saturated heterocycles. The zero-order chi connectivity index (χ0) is 18.8. The minimum atomic E-state index is -0.0248. The Hall–Kier alpha value is -2.50. The number of nitrogens with one attached hydrogen (secondary N) is 1. The van der Waals surface area contributed by atoms with E-state index in [0.29, 0.717) is 18.0 Å². The summed E-state index contributed by atoms with van der Waals surface area (Å²) in [5.74, 6) is 0.817. The van der Waals surface area contributed by atoms with Crippen molar-refractivity contribution in [2.75, 3.05) is 26.7 Å². The molecule has 0 aliphatic carbocycles. The van der Waals surface area contributed by atoms with Gasteiger partial charge in [0.2, 0.25) is 5.91 Å². The number of carbonyl (C=O) groups excluding carboxylic acids is 1. The fraction of sp³-hybridized carbons (Fsp3) is 0.286. The average Bonchev–Trinajstić information content (AvgIpc) is 3.09. The van der Waals surface area contributed by atoms with Crippen LogP contribution in [0.3, 0.4) is 0 Å². The molecule has 0 saturated carbocycles. The lowest BCUT2D eigenvalue weighted by atomic mass is 10.0. The molecule has 1 fully saturated rings. The maximum Gasteiger partial charge on any atom is 0.227 e. The van der Waals surface area contributed by atoms with Gasteiger partial charge in [-0.25, -0.2) is 0 Å². The van der Waals surface area contributed by atoms with Crippen molar-refractivity contribution in [2.24, 2.45) is 0 Å². The van der Waals surface area contributed by atoms with E-state index in [2.05, 4.69) is 5.32 Å². The van der Waals surface area contributed by atoms with Crippen LogP contribution in [-0.2, 0) is 11.2 Å². The number of halogens is 1. The number of methoxy groups -OCH3 is 1. The first-order valence-electron chi connectivity index (χ1n) is 8.95. The topological polar surface area (TPSA) is 54.7 Å². The molecule has 1 aliphatic heterocycles. The number of hydrogen-bond acceptors (Lipinski definition) is 4. The van der Waals surface area contributed by atoms with Gasteiger partial charge in [-0.3, -0.25) is 4.79 Å². The molecular weight excluding hydrogens is 364 g/mol. The number of rotatable bonds is 4. The molecule has 0 bridgehead atoms. The van der Waals surface area contributed by atoms with Crippen molar-refractivity contribution >= 4 is 28.5 Å². The smallest absolute Gasteiger partial charge is 0.227 e. The number of carbonyl (C=O) groups is 1. The SMILES string of the molecule is COc1ccc2c(CC(=O)N3CCNCC3c3cccc(Cl)c3)coc2c1. The van der Waals surface area contributed by atoms with E-state index < -0.39 is 0 Å². The summed E-state index contributed by atoms with van der Waals surface area (Å²) in [7, 11) is 1.62. The van der Waals surface area contributed by atoms with Crippen molar-refractivity contribution in [1.29, 1.82) is 0 Å². The Morgan fingerprint density at radius 1 is 1.33 bits per heavy atom. The number of benzene rings is 2. The van der Waals surface area contributed by atoms with Gasteiger partial charge in [0, 0.05) is 41.7 Å². The van der Waals surface area contributed by atoms with Crippen LogP contribution >= 0.6 is 11.6 Å². The molecule has 1 aliphatic rings. The highest BCUT2D eigenvalue weighted by molar-refractivity contribution is 6.30. The second-order valence-electron chi connectivity index (χ2n) is 6.66. The Kier molecular flexibility index (Phi) is 5.05. The summed E-state index contributed by atoms with van der Waals surface area (Å²) in [5, 5.41) is 4.99. The zero-order valence-electron chi connectivity index (χ0n) is 15.1. The molecule has 1 amide bonds. The molecule has 6 heteroatoms. The summed E-state index contributed by atoms with van der Waals surface area (Å²) in [6.45, 7) is 2.17. The third kappa shape index (κ3) is 3.66. The van der Waals surface area contributed by atoms with E-state index >= 15 is 0 Å². The summed E-state index contributed by atoms with van der Waals surface area (Å²) in [5.41, 5.74) is 2.66. The van der Waals surface area contributed by atoms with E-state index in [4.69, 9.17) is 20.8 Å². The molecule has 5 nitrogen and oxygen atoms in total. The van der Waals surface area contributed by atoms with Gasteiger partial charge in [-0.2, -0.15) is 0 Å². The molecule has 4 rings (SSSR count). The highest BCUT2D eigenvalue weighted by atomic mass is 35.5. The van der Waals surface area contributed by atoms with Crippen LogP contribution in [0.5, 0.6) is 5.75 Å². The molecule has 2 heterocycles. The fourth-order valence-corrected chi connectivity index (χ4v) is 3.81. The number of furan rings is 1. The van der Waals surface area contributed by atoms with E-state index in [1.165, 1.54) is 0 Å². The molecule has 0 spiro atoms. The van der Waals surface area contributed by atoms with Crippen molar-refractivity contribution in [3.63, 3.8) is 0 Å². The molecular formula is C21H21ClN2O3. The molecule has 2 aromatic carbocycles. The van der Waals surface area contributed by atoms with Crippen LogP contribution in [0.25, 0.3) is 11.0 Å². The van der Waals surface area contributed by atoms with Crippen LogP contribution in [0, 0.1) is 0 Å². The highest BCUT2D eigenvalue weighted by Gasteiger charge is 2.28. The second-order valence-corrected chi connectivity index (χ2v) is 7.10. The number of piperazine rings is 1. The van der Waals surface area contributed by atoms with Gasteiger partial charge in [-0.15, -0.1) is 0 Å². The quantitative estimate of drug-likeness (QED) is 0.743. The maximum atomic E-state index is 13.1. The van der Waals surface area contributed by atoms with Crippen LogP contribution in [-0.4, -0.2) is 37.6 Å². The first-order valence-corrected chi connectivity index (χ1v) is 9.33. The van der Waals surface area contributed by atoms with Crippen molar-refractivity contribution < 1.29 is 13.9 Å². The number of hydrogen-bond donors (Lipinski definition) is 1. The predicted octanol–water partition coefficient (Wildman–Crippen LogP) is 3.81. The van der Waals surface area contributed by atoms with Crippen molar-refractivity contribution in [2.45, 2.75) is 12.5 Å². The minimum Gasteiger partial charge on any atom is -0.497 e. The highest BCUT2D eigenvalue weighted by Crippen LogP contribution is 2.29. The molecule has 1 N–H and O–H groups in total. The lowest BCUT2D eigenvalue weighted by Crippen LogP contribution is -2.49. The normalized spacial score (nSPS) is 17.3. The number of ether oxygens (including phenoxy) is 1. The summed E-state index contributed by atoms with van der Waals surface area (Å²) >= 11 is 6.15. The van der Waals surface area contributed by atoms with E-state index in [-0.39, 0.29) is 11.9 Å². The summed E-state index contributed by atoms with van der Waals surface area (Å²) in [4.78, 5) is 15.0. The van der Waals surface area contributed by atoms with E-state index in [0.717, 1.165) is 40.9 Å². The standard InChI is InChI=1S/C21H21ClN2O3/c1-26-17-5-6-18-15(13-27-20(18)11-17)10-21(25)24-8-7-23-12-19(24)14-3-2-4-16(22)9-14/h2-6,9,11,13,19,23H,7-8,10,12H2,1H3. The third-order valence-corrected chi connectivity index (χ3v) is 5.24. The maximum absolute atomic E-state index is 13.1. The Labute approximate surface area is 162 Å². The molecule has 1 atom stereocenters. The molecule has 0 radical (unpaired) electrons. The van der Waals surface area contributed by atoms with Crippen molar-refractivity contribution in [1.82, 2.24) is 10.2 Å². The Balaban J connectivity index is 1.57. The van der Waals surface area contributed by atoms with Gasteiger partial charge in [-0.05, 0) is 29.8 Å². The van der Waals surface area contributed by atoms with Crippen LogP contribution in [0.4, 0.5) is 0 Å². The number of amides is 1. The first-order chi connectivity index (χ1) is 13.2. The van der Waals surface area contributed by atoms with Gasteiger partial charge < -0.3 is 19.4 Å². The average molecular weight is 385 g/mol. The molecule has 1 aromatic heterocycles. The second kappa shape index (κ2) is 7.62. The summed E-state index contributed by atoms with van der Waals surface area (Å²) in [6, 6.07) is 13.3. The number of nitrogens with zero attached hydrogens (tertiary/aromatic N) is 1. The molecule has 27 heavy (non-hydrogen) atoms. The Morgan fingerprint density at radius 2 is 2.22 bits per heavy atom. The van der Waals surface area contributed by atoms with Gasteiger partial charge >= 0.3 is 0 Å². The van der Waals surface area contributed by atoms with E-state index in [1.54, 1.807) is 13.4 Å². The van der Waals surface area contributed by atoms with Gasteiger partial charge in [0.25, 0.3) is 0 Å². The predicted molar refractivity (Wildman–Crippen MR) is 105 cm³/mol. The molecule has 1 unspecified atom stereocenters. The van der Waals surface area contributed by atoms with Crippen LogP contribution in [0.15, 0.2) is 53.1 Å². The van der Waals surface area contributed by atoms with E-state index in [9.17, 15) is 4.79 Å². The largest absolute Gasteiger partial charge is 0.497 e. The van der Waals surface area contributed by atoms with E-state index in [1.807, 2.05) is 47.4 Å². The van der Waals surface area contributed by atoms with Crippen LogP contribution in [0.1, 0.15) is 17.2 Å². The van der Waals surface area contributed by atoms with Gasteiger partial charge in [0.1, 0.15) is 11.3 Å². The Morgan fingerprint density at radius 3 is 3.04 bits per heavy atom. The first kappa shape index (κ1) is 17.9. The van der Waals surface area contributed by atoms with Crippen molar-refractivity contribution in [3.05, 3.63) is 64.9 Å². The summed E-state index contributed by atoms with van der Waals surface area (Å²) < 4.78 is 10.9. The number of fused-ring (bicyclic) bond motifs is 1. The lowest BCUT2D eigenvalue weighted by molar-refractivity contribution is -0.133. The summed E-state index contributed by atoms with van der Waals surface area (Å²) in [6.07, 6.45) is 1.97. The van der Waals surface area contributed by atoms with Crippen LogP contribution < -0.4 is 10.1 Å². The van der Waals surface area contributed by atoms with Gasteiger partial charge in [0.05, 0.1) is 25.8 Å². The minimum absolute atomic E-state index is 0.0248. The zero-order valence-corrected chi connectivity index (χ0v) is 15.8. The third-order valence-electron chi connectivity index (χ3n) is 5.00. The fourth-order valence-electron chi connectivity index (χ4n) is 3.61. The van der Waals surface area contributed by atoms with Crippen molar-refractivity contribution in [3.8, 4) is 5.75 Å². The Bertz CT molecular complexity index is 969. The van der Waals surface area contributed by atoms with Gasteiger partial charge in [0.15, 0.2) is 0 Å².